The molecule has 0 aromatic heterocycles. The molecule has 1 saturated heterocycles. The molecule has 0 unspecified atom stereocenters. The summed E-state index contributed by atoms with van der Waals surface area (Å²) < 4.78 is 28.0. The van der Waals surface area contributed by atoms with Gasteiger partial charge in [0.15, 0.2) is 9.84 Å². The number of sulfone groups is 1. The number of carbonyl (C=O) groups is 1. The number of morpholine rings is 1. The minimum absolute atomic E-state index is 0.0552. The lowest BCUT2D eigenvalue weighted by Crippen LogP contribution is -2.41. The maximum absolute atomic E-state index is 11.9. The van der Waals surface area contributed by atoms with Crippen LogP contribution in [0.4, 0.5) is 0 Å². The highest BCUT2D eigenvalue weighted by Crippen LogP contribution is 2.10. The second-order valence-electron chi connectivity index (χ2n) is 5.40. The fourth-order valence-corrected chi connectivity index (χ4v) is 2.91. The van der Waals surface area contributed by atoms with Gasteiger partial charge in [-0.1, -0.05) is 12.1 Å². The van der Waals surface area contributed by atoms with Crippen LogP contribution in [0.1, 0.15) is 5.56 Å². The summed E-state index contributed by atoms with van der Waals surface area (Å²) >= 11 is 0. The van der Waals surface area contributed by atoms with Gasteiger partial charge in [-0.05, 0) is 17.7 Å². The molecule has 2 rings (SSSR count). The Hall–Kier alpha value is -1.44. The number of carbonyl (C=O) groups excluding carboxylic acids is 1. The van der Waals surface area contributed by atoms with E-state index in [0.29, 0.717) is 6.54 Å². The van der Waals surface area contributed by atoms with Crippen LogP contribution in [-0.2, 0) is 25.8 Å². The summed E-state index contributed by atoms with van der Waals surface area (Å²) in [5.74, 6) is -0.0552. The van der Waals surface area contributed by atoms with E-state index in [2.05, 4.69) is 10.2 Å². The molecule has 0 spiro atoms. The molecular formula is C15H22N2O4S. The Labute approximate surface area is 131 Å². The predicted molar refractivity (Wildman–Crippen MR) is 83.5 cm³/mol. The van der Waals surface area contributed by atoms with Crippen molar-refractivity contribution in [2.45, 2.75) is 11.3 Å². The molecule has 0 atom stereocenters. The topological polar surface area (TPSA) is 75.7 Å². The first-order valence-electron chi connectivity index (χ1n) is 7.31. The summed E-state index contributed by atoms with van der Waals surface area (Å²) in [7, 11) is -3.19. The number of amides is 1. The third-order valence-electron chi connectivity index (χ3n) is 3.57. The quantitative estimate of drug-likeness (QED) is 0.801. The summed E-state index contributed by atoms with van der Waals surface area (Å²) in [6, 6.07) is 6.42. The van der Waals surface area contributed by atoms with Crippen molar-refractivity contribution in [3.63, 3.8) is 0 Å². The van der Waals surface area contributed by atoms with E-state index in [1.54, 1.807) is 12.1 Å². The Morgan fingerprint density at radius 3 is 2.45 bits per heavy atom. The zero-order valence-corrected chi connectivity index (χ0v) is 13.6. The van der Waals surface area contributed by atoms with Crippen LogP contribution in [0.2, 0.25) is 0 Å². The Bertz CT molecular complexity index is 592. The average molecular weight is 326 g/mol. The van der Waals surface area contributed by atoms with E-state index >= 15 is 0 Å². The summed E-state index contributed by atoms with van der Waals surface area (Å²) in [6.07, 6.45) is 1.42. The smallest absolute Gasteiger partial charge is 0.224 e. The van der Waals surface area contributed by atoms with Gasteiger partial charge in [0.25, 0.3) is 0 Å². The summed E-state index contributed by atoms with van der Waals surface area (Å²) in [4.78, 5) is 14.4. The number of nitrogens with one attached hydrogen (secondary N) is 1. The normalized spacial score (nSPS) is 16.4. The summed E-state index contributed by atoms with van der Waals surface area (Å²) in [6.45, 7) is 4.75. The maximum atomic E-state index is 11.9. The maximum Gasteiger partial charge on any atom is 0.224 e. The molecule has 1 heterocycles. The number of ether oxygens (including phenoxy) is 1. The Morgan fingerprint density at radius 1 is 1.23 bits per heavy atom. The fraction of sp³-hybridized carbons (Fsp3) is 0.533. The Kier molecular flexibility index (Phi) is 5.93. The zero-order valence-electron chi connectivity index (χ0n) is 12.7. The van der Waals surface area contributed by atoms with Gasteiger partial charge >= 0.3 is 0 Å². The lowest BCUT2D eigenvalue weighted by atomic mass is 10.1. The third kappa shape index (κ3) is 5.40. The number of hydrogen-bond donors (Lipinski definition) is 1. The van der Waals surface area contributed by atoms with Crippen LogP contribution in [0.3, 0.4) is 0 Å². The van der Waals surface area contributed by atoms with Crippen LogP contribution in [-0.4, -0.2) is 64.9 Å². The second-order valence-corrected chi connectivity index (χ2v) is 7.41. The van der Waals surface area contributed by atoms with Crippen molar-refractivity contribution in [1.29, 1.82) is 0 Å². The first-order valence-corrected chi connectivity index (χ1v) is 9.20. The zero-order chi connectivity index (χ0) is 16.0. The van der Waals surface area contributed by atoms with Crippen LogP contribution in [0.15, 0.2) is 29.2 Å². The van der Waals surface area contributed by atoms with Crippen LogP contribution in [0.25, 0.3) is 0 Å². The SMILES string of the molecule is CS(=O)(=O)c1ccc(CC(=O)NCCN2CCOCC2)cc1. The minimum Gasteiger partial charge on any atom is -0.379 e. The second kappa shape index (κ2) is 7.71. The molecule has 1 aliphatic heterocycles. The molecule has 22 heavy (non-hydrogen) atoms. The van der Waals surface area contributed by atoms with Crippen molar-refractivity contribution < 1.29 is 17.9 Å². The van der Waals surface area contributed by atoms with E-state index < -0.39 is 9.84 Å². The standard InChI is InChI=1S/C15H22N2O4S/c1-22(19,20)14-4-2-13(3-5-14)12-15(18)16-6-7-17-8-10-21-11-9-17/h2-5H,6-12H2,1H3,(H,16,18). The predicted octanol–water partition coefficient (Wildman–Crippen LogP) is 0.0810. The number of benzene rings is 1. The van der Waals surface area contributed by atoms with Crippen molar-refractivity contribution >= 4 is 15.7 Å². The molecule has 1 fully saturated rings. The van der Waals surface area contributed by atoms with Crippen LogP contribution < -0.4 is 5.32 Å². The molecule has 6 nitrogen and oxygen atoms in total. The van der Waals surface area contributed by atoms with Gasteiger partial charge in [-0.25, -0.2) is 8.42 Å². The number of hydrogen-bond acceptors (Lipinski definition) is 5. The van der Waals surface area contributed by atoms with Crippen molar-refractivity contribution in [3.8, 4) is 0 Å². The lowest BCUT2D eigenvalue weighted by molar-refractivity contribution is -0.120. The molecule has 0 aliphatic carbocycles. The van der Waals surface area contributed by atoms with Gasteiger partial charge in [0, 0.05) is 32.4 Å². The molecule has 1 aliphatic rings. The van der Waals surface area contributed by atoms with Gasteiger partial charge in [0.2, 0.25) is 5.91 Å². The molecule has 1 aromatic rings. The van der Waals surface area contributed by atoms with Gasteiger partial charge < -0.3 is 10.1 Å². The highest BCUT2D eigenvalue weighted by Gasteiger charge is 2.11. The van der Waals surface area contributed by atoms with Crippen LogP contribution in [0.5, 0.6) is 0 Å². The van der Waals surface area contributed by atoms with E-state index in [1.165, 1.54) is 18.4 Å². The van der Waals surface area contributed by atoms with Crippen molar-refractivity contribution in [3.05, 3.63) is 29.8 Å². The number of nitrogens with zero attached hydrogens (tertiary/aromatic N) is 1. The van der Waals surface area contributed by atoms with Crippen molar-refractivity contribution in [2.24, 2.45) is 0 Å². The largest absolute Gasteiger partial charge is 0.379 e. The highest BCUT2D eigenvalue weighted by atomic mass is 32.2. The average Bonchev–Trinajstić information content (AvgIpc) is 2.48. The monoisotopic (exact) mass is 326 g/mol. The summed E-state index contributed by atoms with van der Waals surface area (Å²) in [5.41, 5.74) is 0.802. The van der Waals surface area contributed by atoms with Crippen molar-refractivity contribution in [2.75, 3.05) is 45.6 Å². The van der Waals surface area contributed by atoms with Crippen molar-refractivity contribution in [1.82, 2.24) is 10.2 Å². The first kappa shape index (κ1) is 16.9. The molecule has 7 heteroatoms. The molecule has 122 valence electrons. The molecule has 0 radical (unpaired) electrons. The van der Waals surface area contributed by atoms with E-state index in [-0.39, 0.29) is 17.2 Å². The van der Waals surface area contributed by atoms with E-state index in [0.717, 1.165) is 38.4 Å². The fourth-order valence-electron chi connectivity index (χ4n) is 2.28. The van der Waals surface area contributed by atoms with Gasteiger partial charge in [-0.3, -0.25) is 9.69 Å². The van der Waals surface area contributed by atoms with E-state index in [1.807, 2.05) is 0 Å². The minimum atomic E-state index is -3.19. The number of rotatable bonds is 6. The molecule has 1 amide bonds. The van der Waals surface area contributed by atoms with Gasteiger partial charge in [0.1, 0.15) is 0 Å². The van der Waals surface area contributed by atoms with E-state index in [9.17, 15) is 13.2 Å². The van der Waals surface area contributed by atoms with Gasteiger partial charge in [-0.15, -0.1) is 0 Å². The van der Waals surface area contributed by atoms with E-state index in [4.69, 9.17) is 4.74 Å². The van der Waals surface area contributed by atoms with Crippen LogP contribution >= 0.6 is 0 Å². The Morgan fingerprint density at radius 2 is 1.86 bits per heavy atom. The third-order valence-corrected chi connectivity index (χ3v) is 4.70. The highest BCUT2D eigenvalue weighted by molar-refractivity contribution is 7.90. The molecular weight excluding hydrogens is 304 g/mol. The Balaban J connectivity index is 1.74. The molecule has 1 aromatic carbocycles. The van der Waals surface area contributed by atoms with Crippen LogP contribution in [0, 0.1) is 0 Å². The lowest BCUT2D eigenvalue weighted by Gasteiger charge is -2.26. The van der Waals surface area contributed by atoms with Gasteiger partial charge in [-0.2, -0.15) is 0 Å². The summed E-state index contributed by atoms with van der Waals surface area (Å²) in [5, 5.41) is 2.88. The van der Waals surface area contributed by atoms with Gasteiger partial charge in [0.05, 0.1) is 24.5 Å². The first-order chi connectivity index (χ1) is 10.4. The molecule has 0 bridgehead atoms. The molecule has 1 N–H and O–H groups in total. The molecule has 0 saturated carbocycles.